The van der Waals surface area contributed by atoms with Gasteiger partial charge in [0.05, 0.1) is 28.3 Å². The first-order valence-electron chi connectivity index (χ1n) is 8.69. The van der Waals surface area contributed by atoms with E-state index in [1.54, 1.807) is 25.1 Å². The predicted octanol–water partition coefficient (Wildman–Crippen LogP) is 4.06. The fourth-order valence-corrected chi connectivity index (χ4v) is 2.70. The van der Waals surface area contributed by atoms with Crippen molar-refractivity contribution in [2.75, 3.05) is 13.2 Å². The number of rotatable bonds is 5. The number of aliphatic hydroxyl groups excluding tert-OH is 4. The van der Waals surface area contributed by atoms with E-state index < -0.39 is 25.4 Å². The Hall–Kier alpha value is -1.20. The maximum absolute atomic E-state index is 10.8. The third kappa shape index (κ3) is 9.74. The van der Waals surface area contributed by atoms with Gasteiger partial charge in [-0.1, -0.05) is 77.1 Å². The van der Waals surface area contributed by atoms with Crippen molar-refractivity contribution in [1.29, 1.82) is 0 Å². The van der Waals surface area contributed by atoms with Gasteiger partial charge in [-0.2, -0.15) is 0 Å². The Morgan fingerprint density at radius 2 is 1.25 bits per heavy atom. The van der Waals surface area contributed by atoms with Crippen LogP contribution in [0, 0.1) is 0 Å². The third-order valence-electron chi connectivity index (χ3n) is 3.38. The number of phenolic OH excluding ortho intramolecular Hbond substituents is 2. The summed E-state index contributed by atoms with van der Waals surface area (Å²) in [5, 5.41) is 51.4. The molecule has 0 bridgehead atoms. The number of halogens is 5. The number of hydrogen-bond donors (Lipinski definition) is 6. The van der Waals surface area contributed by atoms with Crippen molar-refractivity contribution in [3.8, 4) is 17.2 Å². The van der Waals surface area contributed by atoms with Gasteiger partial charge in [0.2, 0.25) is 0 Å². The molecule has 0 amide bonds. The normalized spacial score (nSPS) is 11.9. The molecule has 32 heavy (non-hydrogen) atoms. The fourth-order valence-electron chi connectivity index (χ4n) is 1.57. The Bertz CT molecular complexity index is 768. The molecular formula is C19H21Cl5O8. The van der Waals surface area contributed by atoms with E-state index in [1.807, 2.05) is 0 Å². The van der Waals surface area contributed by atoms with Crippen molar-refractivity contribution >= 4 is 64.0 Å². The summed E-state index contributed by atoms with van der Waals surface area (Å²) in [6.07, 6.45) is -2.14. The quantitative estimate of drug-likeness (QED) is 0.140. The van der Waals surface area contributed by atoms with Crippen LogP contribution in [0.2, 0.25) is 25.1 Å². The first kappa shape index (κ1) is 30.8. The maximum atomic E-state index is 10.8. The minimum atomic E-state index is -1.22. The molecule has 2 unspecified atom stereocenters. The fraction of sp³-hybridized carbons (Fsp3) is 0.316. The Morgan fingerprint density at radius 1 is 0.844 bits per heavy atom. The van der Waals surface area contributed by atoms with E-state index in [1.165, 1.54) is 6.07 Å². The molecule has 0 aromatic heterocycles. The van der Waals surface area contributed by atoms with Gasteiger partial charge in [0.15, 0.2) is 17.2 Å². The number of carbonyl (C=O) groups excluding carboxylic acids is 1. The van der Waals surface area contributed by atoms with Crippen LogP contribution < -0.4 is 4.74 Å². The van der Waals surface area contributed by atoms with E-state index in [-0.39, 0.29) is 48.3 Å². The number of esters is 1. The largest absolute Gasteiger partial charge is 0.505 e. The van der Waals surface area contributed by atoms with Crippen LogP contribution in [0.1, 0.15) is 13.3 Å². The molecule has 0 saturated carbocycles. The van der Waals surface area contributed by atoms with Crippen LogP contribution in [-0.2, 0) is 4.79 Å². The van der Waals surface area contributed by atoms with E-state index in [9.17, 15) is 15.0 Å². The van der Waals surface area contributed by atoms with Crippen LogP contribution in [0.4, 0.5) is 0 Å². The first-order chi connectivity index (χ1) is 14.9. The molecule has 0 radical (unpaired) electrons. The average molecular weight is 555 g/mol. The van der Waals surface area contributed by atoms with Gasteiger partial charge >= 0.3 is 5.97 Å². The Morgan fingerprint density at radius 3 is 1.62 bits per heavy atom. The van der Waals surface area contributed by atoms with Crippen molar-refractivity contribution < 1.29 is 40.2 Å². The molecule has 2 aromatic rings. The van der Waals surface area contributed by atoms with Crippen LogP contribution in [0.25, 0.3) is 0 Å². The standard InChI is InChI=1S/C9H10O3.C6HCl5O.C4H10O4/c1-2-9(11)12-8-6-4-3-5-7(8)10;7-1-2(8)4(10)6(12)5(11)3(1)9;5-1-3(7)4(8)2-6/h3-6,10H,2H2,1H3;12H;3-8H,1-2H2. The van der Waals surface area contributed by atoms with Crippen molar-refractivity contribution in [3.05, 3.63) is 49.4 Å². The van der Waals surface area contributed by atoms with E-state index in [4.69, 9.17) is 83.2 Å². The van der Waals surface area contributed by atoms with Crippen LogP contribution in [0.5, 0.6) is 17.2 Å². The molecule has 2 aromatic carbocycles. The van der Waals surface area contributed by atoms with E-state index >= 15 is 0 Å². The molecule has 13 heteroatoms. The molecular weight excluding hydrogens is 533 g/mol. The van der Waals surface area contributed by atoms with Crippen LogP contribution in [0.15, 0.2) is 24.3 Å². The lowest BCUT2D eigenvalue weighted by Crippen LogP contribution is -2.31. The van der Waals surface area contributed by atoms with Gasteiger partial charge < -0.3 is 35.4 Å². The number of carbonyl (C=O) groups is 1. The summed E-state index contributed by atoms with van der Waals surface area (Å²) in [6.45, 7) is 0.645. The molecule has 0 aliphatic heterocycles. The monoisotopic (exact) mass is 552 g/mol. The molecule has 0 spiro atoms. The number of phenols is 2. The highest BCUT2D eigenvalue weighted by Crippen LogP contribution is 2.47. The minimum absolute atomic E-state index is 0.00904. The summed E-state index contributed by atoms with van der Waals surface area (Å²) < 4.78 is 4.81. The summed E-state index contributed by atoms with van der Waals surface area (Å²) in [6, 6.07) is 6.37. The van der Waals surface area contributed by atoms with E-state index in [0.717, 1.165) is 0 Å². The van der Waals surface area contributed by atoms with Crippen molar-refractivity contribution in [3.63, 3.8) is 0 Å². The topological polar surface area (TPSA) is 148 Å². The molecule has 2 atom stereocenters. The average Bonchev–Trinajstić information content (AvgIpc) is 2.81. The van der Waals surface area contributed by atoms with E-state index in [2.05, 4.69) is 0 Å². The van der Waals surface area contributed by atoms with Crippen molar-refractivity contribution in [2.24, 2.45) is 0 Å². The molecule has 0 aliphatic carbocycles. The summed E-state index contributed by atoms with van der Waals surface area (Å²) in [5.41, 5.74) is 0. The minimum Gasteiger partial charge on any atom is -0.505 e. The Kier molecular flexibility index (Phi) is 15.0. The molecule has 0 aliphatic rings. The number of hydrogen-bond acceptors (Lipinski definition) is 8. The Labute approximate surface area is 209 Å². The summed E-state index contributed by atoms with van der Waals surface area (Å²) in [5.74, 6) is -0.516. The second kappa shape index (κ2) is 15.6. The summed E-state index contributed by atoms with van der Waals surface area (Å²) >= 11 is 27.9. The number of para-hydroxylation sites is 2. The summed E-state index contributed by atoms with van der Waals surface area (Å²) in [7, 11) is 0. The molecule has 6 N–H and O–H groups in total. The molecule has 2 rings (SSSR count). The molecule has 0 saturated heterocycles. The highest BCUT2D eigenvalue weighted by Gasteiger charge is 2.18. The first-order valence-corrected chi connectivity index (χ1v) is 10.6. The van der Waals surface area contributed by atoms with E-state index in [0.29, 0.717) is 6.42 Å². The lowest BCUT2D eigenvalue weighted by atomic mass is 10.2. The van der Waals surface area contributed by atoms with Gasteiger partial charge in [0.1, 0.15) is 22.3 Å². The van der Waals surface area contributed by atoms with Crippen molar-refractivity contribution in [1.82, 2.24) is 0 Å². The van der Waals surface area contributed by atoms with Crippen molar-refractivity contribution in [2.45, 2.75) is 25.6 Å². The smallest absolute Gasteiger partial charge is 0.311 e. The number of aromatic hydroxyl groups is 2. The second-order valence-electron chi connectivity index (χ2n) is 5.71. The number of ether oxygens (including phenoxy) is 1. The number of aliphatic hydroxyl groups is 4. The van der Waals surface area contributed by atoms with Crippen LogP contribution >= 0.6 is 58.0 Å². The van der Waals surface area contributed by atoms with Crippen LogP contribution in [-0.4, -0.2) is 62.0 Å². The SMILES string of the molecule is CCC(=O)Oc1ccccc1O.OCC(O)C(O)CO.Oc1c(Cl)c(Cl)c(Cl)c(Cl)c1Cl. The van der Waals surface area contributed by atoms with Gasteiger partial charge in [0.25, 0.3) is 0 Å². The zero-order chi connectivity index (χ0) is 25.0. The van der Waals surface area contributed by atoms with Gasteiger partial charge in [-0.3, -0.25) is 4.79 Å². The highest BCUT2D eigenvalue weighted by molar-refractivity contribution is 6.55. The second-order valence-corrected chi connectivity index (χ2v) is 7.60. The third-order valence-corrected chi connectivity index (χ3v) is 5.64. The van der Waals surface area contributed by atoms with Gasteiger partial charge in [0, 0.05) is 6.42 Å². The number of benzene rings is 2. The molecule has 8 nitrogen and oxygen atoms in total. The molecule has 0 fully saturated rings. The molecule has 0 heterocycles. The lowest BCUT2D eigenvalue weighted by molar-refractivity contribution is -0.134. The van der Waals surface area contributed by atoms with Crippen LogP contribution in [0.3, 0.4) is 0 Å². The van der Waals surface area contributed by atoms with Gasteiger partial charge in [-0.05, 0) is 12.1 Å². The highest BCUT2D eigenvalue weighted by atomic mass is 35.5. The zero-order valence-corrected chi connectivity index (χ0v) is 20.3. The summed E-state index contributed by atoms with van der Waals surface area (Å²) in [4.78, 5) is 10.8. The predicted molar refractivity (Wildman–Crippen MR) is 123 cm³/mol. The molecule has 180 valence electrons. The zero-order valence-electron chi connectivity index (χ0n) is 16.5. The Balaban J connectivity index is 0.000000462. The van der Waals surface area contributed by atoms with Gasteiger partial charge in [-0.25, -0.2) is 0 Å². The lowest BCUT2D eigenvalue weighted by Gasteiger charge is -2.10. The maximum Gasteiger partial charge on any atom is 0.311 e. The van der Waals surface area contributed by atoms with Gasteiger partial charge in [-0.15, -0.1) is 0 Å².